The van der Waals surface area contributed by atoms with Crippen molar-refractivity contribution in [2.24, 2.45) is 0 Å². The summed E-state index contributed by atoms with van der Waals surface area (Å²) >= 11 is 1.90. The molecule has 0 aliphatic carbocycles. The van der Waals surface area contributed by atoms with Crippen molar-refractivity contribution in [2.45, 2.75) is 13.1 Å². The van der Waals surface area contributed by atoms with E-state index in [-0.39, 0.29) is 6.03 Å². The molecule has 2 heterocycles. The number of benzene rings is 1. The van der Waals surface area contributed by atoms with Crippen LogP contribution >= 0.6 is 11.8 Å². The Morgan fingerprint density at radius 1 is 1.18 bits per heavy atom. The summed E-state index contributed by atoms with van der Waals surface area (Å²) in [7, 11) is 0. The van der Waals surface area contributed by atoms with Gasteiger partial charge in [0.15, 0.2) is 0 Å². The molecule has 0 radical (unpaired) electrons. The van der Waals surface area contributed by atoms with Crippen molar-refractivity contribution in [3.8, 4) is 0 Å². The molecular weight excluding hydrogens is 296 g/mol. The van der Waals surface area contributed by atoms with Crippen molar-refractivity contribution in [1.82, 2.24) is 20.0 Å². The van der Waals surface area contributed by atoms with Gasteiger partial charge in [-0.1, -0.05) is 24.3 Å². The van der Waals surface area contributed by atoms with Gasteiger partial charge in [0.25, 0.3) is 0 Å². The number of thioether (sulfide) groups is 1. The van der Waals surface area contributed by atoms with Gasteiger partial charge >= 0.3 is 6.03 Å². The summed E-state index contributed by atoms with van der Waals surface area (Å²) < 4.78 is 1.89. The quantitative estimate of drug-likeness (QED) is 0.941. The monoisotopic (exact) mass is 316 g/mol. The first-order valence-corrected chi connectivity index (χ1v) is 8.63. The average molecular weight is 316 g/mol. The van der Waals surface area contributed by atoms with Gasteiger partial charge in [-0.05, 0) is 17.2 Å². The first-order valence-electron chi connectivity index (χ1n) is 7.47. The molecule has 1 N–H and O–H groups in total. The molecule has 1 aromatic carbocycles. The Bertz CT molecular complexity index is 608. The van der Waals surface area contributed by atoms with Crippen LogP contribution in [0.4, 0.5) is 4.79 Å². The number of nitrogens with one attached hydrogen (secondary N) is 1. The number of rotatable bonds is 4. The highest BCUT2D eigenvalue weighted by molar-refractivity contribution is 7.99. The van der Waals surface area contributed by atoms with Gasteiger partial charge in [-0.2, -0.15) is 16.9 Å². The van der Waals surface area contributed by atoms with Crippen molar-refractivity contribution in [3.63, 3.8) is 0 Å². The Morgan fingerprint density at radius 3 is 2.68 bits per heavy atom. The highest BCUT2D eigenvalue weighted by atomic mass is 32.2. The molecule has 2 amide bonds. The SMILES string of the molecule is O=C(NCc1ccccc1Cn1cccn1)N1CCSCC1. The van der Waals surface area contributed by atoms with Crippen LogP contribution in [0.5, 0.6) is 0 Å². The first kappa shape index (κ1) is 15.0. The van der Waals surface area contributed by atoms with E-state index in [2.05, 4.69) is 22.5 Å². The van der Waals surface area contributed by atoms with Crippen molar-refractivity contribution < 1.29 is 4.79 Å². The minimum atomic E-state index is 0.0363. The Morgan fingerprint density at radius 2 is 1.95 bits per heavy atom. The van der Waals surface area contributed by atoms with E-state index in [1.165, 1.54) is 5.56 Å². The molecule has 0 saturated carbocycles. The predicted molar refractivity (Wildman–Crippen MR) is 88.9 cm³/mol. The van der Waals surface area contributed by atoms with E-state index in [4.69, 9.17) is 0 Å². The minimum Gasteiger partial charge on any atom is -0.334 e. The fraction of sp³-hybridized carbons (Fsp3) is 0.375. The van der Waals surface area contributed by atoms with Gasteiger partial charge in [0.05, 0.1) is 6.54 Å². The molecule has 1 aromatic heterocycles. The molecule has 0 spiro atoms. The fourth-order valence-electron chi connectivity index (χ4n) is 2.50. The van der Waals surface area contributed by atoms with E-state index in [9.17, 15) is 4.79 Å². The van der Waals surface area contributed by atoms with E-state index in [1.807, 2.05) is 45.7 Å². The predicted octanol–water partition coefficient (Wildman–Crippen LogP) is 2.19. The third kappa shape index (κ3) is 3.82. The molecule has 1 aliphatic rings. The fourth-order valence-corrected chi connectivity index (χ4v) is 3.40. The normalized spacial score (nSPS) is 14.8. The second-order valence-corrected chi connectivity index (χ2v) is 6.46. The molecule has 3 rings (SSSR count). The lowest BCUT2D eigenvalue weighted by molar-refractivity contribution is 0.202. The van der Waals surface area contributed by atoms with Gasteiger partial charge in [-0.25, -0.2) is 4.79 Å². The summed E-state index contributed by atoms with van der Waals surface area (Å²) in [5.74, 6) is 2.06. The second-order valence-electron chi connectivity index (χ2n) is 5.23. The van der Waals surface area contributed by atoms with Crippen LogP contribution in [0.15, 0.2) is 42.7 Å². The molecule has 0 atom stereocenters. The van der Waals surface area contributed by atoms with Crippen LogP contribution in [0.3, 0.4) is 0 Å². The van der Waals surface area contributed by atoms with Gasteiger partial charge in [-0.3, -0.25) is 4.68 Å². The Kier molecular flexibility index (Phi) is 5.00. The molecule has 22 heavy (non-hydrogen) atoms. The molecule has 1 fully saturated rings. The zero-order valence-corrected chi connectivity index (χ0v) is 13.3. The van der Waals surface area contributed by atoms with E-state index >= 15 is 0 Å². The lowest BCUT2D eigenvalue weighted by Crippen LogP contribution is -2.44. The highest BCUT2D eigenvalue weighted by Gasteiger charge is 2.16. The molecule has 1 aliphatic heterocycles. The Balaban J connectivity index is 1.61. The standard InChI is InChI=1S/C16H20N4OS/c21-16(19-8-10-22-11-9-19)17-12-14-4-1-2-5-15(14)13-20-7-3-6-18-20/h1-7H,8-13H2,(H,17,21). The number of carbonyl (C=O) groups excluding carboxylic acids is 1. The zero-order valence-electron chi connectivity index (χ0n) is 12.4. The third-order valence-electron chi connectivity index (χ3n) is 3.74. The minimum absolute atomic E-state index is 0.0363. The van der Waals surface area contributed by atoms with Crippen LogP contribution in [0, 0.1) is 0 Å². The van der Waals surface area contributed by atoms with Crippen molar-refractivity contribution in [1.29, 1.82) is 0 Å². The van der Waals surface area contributed by atoms with Gasteiger partial charge in [-0.15, -0.1) is 0 Å². The van der Waals surface area contributed by atoms with Crippen molar-refractivity contribution in [2.75, 3.05) is 24.6 Å². The van der Waals surface area contributed by atoms with Crippen LogP contribution in [0.1, 0.15) is 11.1 Å². The molecule has 0 bridgehead atoms. The topological polar surface area (TPSA) is 50.2 Å². The zero-order chi connectivity index (χ0) is 15.2. The largest absolute Gasteiger partial charge is 0.334 e. The molecule has 0 unspecified atom stereocenters. The smallest absolute Gasteiger partial charge is 0.317 e. The lowest BCUT2D eigenvalue weighted by Gasteiger charge is -2.26. The van der Waals surface area contributed by atoms with Crippen LogP contribution in [0.2, 0.25) is 0 Å². The lowest BCUT2D eigenvalue weighted by atomic mass is 10.1. The van der Waals surface area contributed by atoms with E-state index in [0.717, 1.165) is 36.7 Å². The van der Waals surface area contributed by atoms with Crippen LogP contribution in [-0.4, -0.2) is 45.3 Å². The summed E-state index contributed by atoms with van der Waals surface area (Å²) in [6, 6.07) is 10.1. The van der Waals surface area contributed by atoms with Gasteiger partial charge in [0.2, 0.25) is 0 Å². The Hall–Kier alpha value is -1.95. The molecule has 5 nitrogen and oxygen atoms in total. The van der Waals surface area contributed by atoms with Crippen LogP contribution in [0.25, 0.3) is 0 Å². The number of carbonyl (C=O) groups is 1. The van der Waals surface area contributed by atoms with E-state index in [1.54, 1.807) is 6.20 Å². The molecule has 116 valence electrons. The van der Waals surface area contributed by atoms with E-state index < -0.39 is 0 Å². The number of urea groups is 1. The maximum Gasteiger partial charge on any atom is 0.317 e. The van der Waals surface area contributed by atoms with Crippen LogP contribution in [-0.2, 0) is 13.1 Å². The molecule has 6 heteroatoms. The summed E-state index contributed by atoms with van der Waals surface area (Å²) in [5.41, 5.74) is 2.32. The first-order chi connectivity index (χ1) is 10.8. The maximum absolute atomic E-state index is 12.2. The summed E-state index contributed by atoms with van der Waals surface area (Å²) in [6.07, 6.45) is 3.72. The van der Waals surface area contributed by atoms with Crippen molar-refractivity contribution in [3.05, 3.63) is 53.9 Å². The number of hydrogen-bond donors (Lipinski definition) is 1. The van der Waals surface area contributed by atoms with Gasteiger partial charge in [0, 0.05) is 43.5 Å². The Labute approximate surface area is 134 Å². The number of amides is 2. The molecule has 1 saturated heterocycles. The van der Waals surface area contributed by atoms with Gasteiger partial charge < -0.3 is 10.2 Å². The van der Waals surface area contributed by atoms with Crippen molar-refractivity contribution >= 4 is 17.8 Å². The number of nitrogens with zero attached hydrogens (tertiary/aromatic N) is 3. The number of hydrogen-bond acceptors (Lipinski definition) is 3. The summed E-state index contributed by atoms with van der Waals surface area (Å²) in [5, 5.41) is 7.28. The summed E-state index contributed by atoms with van der Waals surface area (Å²) in [4.78, 5) is 14.1. The second kappa shape index (κ2) is 7.35. The highest BCUT2D eigenvalue weighted by Crippen LogP contribution is 2.12. The third-order valence-corrected chi connectivity index (χ3v) is 4.68. The average Bonchev–Trinajstić information content (AvgIpc) is 3.07. The molecular formula is C16H20N4OS. The van der Waals surface area contributed by atoms with Crippen LogP contribution < -0.4 is 5.32 Å². The summed E-state index contributed by atoms with van der Waals surface area (Å²) in [6.45, 7) is 2.95. The number of aromatic nitrogens is 2. The van der Waals surface area contributed by atoms with E-state index in [0.29, 0.717) is 6.54 Å². The maximum atomic E-state index is 12.2. The molecule has 2 aromatic rings. The van der Waals surface area contributed by atoms with Gasteiger partial charge in [0.1, 0.15) is 0 Å².